The average Bonchev–Trinajstić information content (AvgIpc) is 2.49. The molecule has 1 unspecified atom stereocenters. The van der Waals surface area contributed by atoms with Crippen molar-refractivity contribution >= 4 is 16.3 Å². The fraction of sp³-hybridized carbons (Fsp3) is 0.600. The van der Waals surface area contributed by atoms with E-state index in [-0.39, 0.29) is 6.10 Å². The number of aliphatic hydroxyl groups is 1. The maximum atomic E-state index is 9.75. The van der Waals surface area contributed by atoms with Gasteiger partial charge in [0.25, 0.3) is 0 Å². The molecule has 1 aliphatic rings. The minimum atomic E-state index is -0.206. The number of nitrogens with zero attached hydrogens (tertiary/aromatic N) is 1. The second kappa shape index (κ2) is 3.31. The number of thiophene rings is 1. The zero-order valence-corrected chi connectivity index (χ0v) is 8.90. The van der Waals surface area contributed by atoms with Gasteiger partial charge < -0.3 is 10.0 Å². The lowest BCUT2D eigenvalue weighted by Crippen LogP contribution is -2.05. The largest absolute Gasteiger partial charge is 0.388 e. The quantitative estimate of drug-likeness (QED) is 0.746. The Morgan fingerprint density at radius 3 is 2.92 bits per heavy atom. The van der Waals surface area contributed by atoms with E-state index >= 15 is 0 Å². The lowest BCUT2D eigenvalue weighted by molar-refractivity contribution is 0.161. The highest BCUT2D eigenvalue weighted by Gasteiger charge is 2.21. The van der Waals surface area contributed by atoms with Gasteiger partial charge in [0.05, 0.1) is 11.1 Å². The molecule has 2 rings (SSSR count). The lowest BCUT2D eigenvalue weighted by Gasteiger charge is -2.16. The molecular formula is C10H15NOS. The van der Waals surface area contributed by atoms with Gasteiger partial charge in [-0.15, -0.1) is 11.3 Å². The molecule has 0 saturated heterocycles. The molecule has 13 heavy (non-hydrogen) atoms. The molecule has 0 aliphatic heterocycles. The first-order valence-electron chi connectivity index (χ1n) is 4.66. The van der Waals surface area contributed by atoms with Crippen LogP contribution >= 0.6 is 11.3 Å². The van der Waals surface area contributed by atoms with Crippen LogP contribution in [0.15, 0.2) is 6.07 Å². The van der Waals surface area contributed by atoms with Gasteiger partial charge in [0.2, 0.25) is 0 Å². The number of hydrogen-bond acceptors (Lipinski definition) is 3. The molecule has 0 spiro atoms. The second-order valence-electron chi connectivity index (χ2n) is 3.78. The van der Waals surface area contributed by atoms with Crippen molar-refractivity contribution in [3.63, 3.8) is 0 Å². The van der Waals surface area contributed by atoms with Gasteiger partial charge in [-0.2, -0.15) is 0 Å². The Morgan fingerprint density at radius 1 is 1.54 bits per heavy atom. The molecule has 3 heteroatoms. The normalized spacial score (nSPS) is 21.3. The fourth-order valence-electron chi connectivity index (χ4n) is 1.74. The van der Waals surface area contributed by atoms with Crippen LogP contribution in [0.25, 0.3) is 0 Å². The molecule has 1 heterocycles. The summed E-state index contributed by atoms with van der Waals surface area (Å²) in [6.45, 7) is 0. The highest BCUT2D eigenvalue weighted by molar-refractivity contribution is 7.16. The van der Waals surface area contributed by atoms with Crippen molar-refractivity contribution in [2.24, 2.45) is 0 Å². The molecule has 0 amide bonds. The number of rotatable bonds is 1. The first kappa shape index (κ1) is 9.03. The van der Waals surface area contributed by atoms with Gasteiger partial charge in [0, 0.05) is 19.0 Å². The molecule has 1 aromatic heterocycles. The molecule has 1 atom stereocenters. The Kier molecular flexibility index (Phi) is 2.30. The number of aryl methyl sites for hydroxylation is 1. The van der Waals surface area contributed by atoms with Crippen molar-refractivity contribution in [3.8, 4) is 0 Å². The molecular weight excluding hydrogens is 182 g/mol. The highest BCUT2D eigenvalue weighted by atomic mass is 32.1. The lowest BCUT2D eigenvalue weighted by atomic mass is 9.97. The van der Waals surface area contributed by atoms with Crippen molar-refractivity contribution in [3.05, 3.63) is 16.5 Å². The predicted octanol–water partition coefficient (Wildman–Crippen LogP) is 2.18. The van der Waals surface area contributed by atoms with Gasteiger partial charge >= 0.3 is 0 Å². The van der Waals surface area contributed by atoms with Gasteiger partial charge in [-0.25, -0.2) is 0 Å². The van der Waals surface area contributed by atoms with Crippen molar-refractivity contribution in [1.29, 1.82) is 0 Å². The molecule has 1 aliphatic carbocycles. The predicted molar refractivity (Wildman–Crippen MR) is 56.5 cm³/mol. The topological polar surface area (TPSA) is 23.5 Å². The second-order valence-corrected chi connectivity index (χ2v) is 4.84. The number of fused-ring (bicyclic) bond motifs is 1. The molecule has 1 aromatic rings. The summed E-state index contributed by atoms with van der Waals surface area (Å²) in [4.78, 5) is 3.30. The Balaban J connectivity index is 2.36. The Labute approximate surface area is 82.8 Å². The van der Waals surface area contributed by atoms with E-state index < -0.39 is 0 Å². The third-order valence-electron chi connectivity index (χ3n) is 2.50. The van der Waals surface area contributed by atoms with E-state index in [0.717, 1.165) is 19.3 Å². The zero-order valence-electron chi connectivity index (χ0n) is 8.08. The Morgan fingerprint density at radius 2 is 2.31 bits per heavy atom. The Hall–Kier alpha value is -0.540. The summed E-state index contributed by atoms with van der Waals surface area (Å²) in [5.74, 6) is 0. The van der Waals surface area contributed by atoms with Gasteiger partial charge in [-0.3, -0.25) is 0 Å². The van der Waals surface area contributed by atoms with Crippen LogP contribution in [-0.4, -0.2) is 19.2 Å². The summed E-state index contributed by atoms with van der Waals surface area (Å²) in [6, 6.07) is 2.21. The van der Waals surface area contributed by atoms with Gasteiger partial charge in [-0.1, -0.05) is 0 Å². The first-order chi connectivity index (χ1) is 6.18. The number of aliphatic hydroxyl groups excluding tert-OH is 1. The third-order valence-corrected chi connectivity index (χ3v) is 3.94. The third kappa shape index (κ3) is 1.58. The van der Waals surface area contributed by atoms with E-state index in [0.29, 0.717) is 0 Å². The summed E-state index contributed by atoms with van der Waals surface area (Å²) < 4.78 is 0. The summed E-state index contributed by atoms with van der Waals surface area (Å²) in [7, 11) is 4.09. The van der Waals surface area contributed by atoms with Crippen LogP contribution in [0.3, 0.4) is 0 Å². The fourth-order valence-corrected chi connectivity index (χ4v) is 2.90. The van der Waals surface area contributed by atoms with Crippen molar-refractivity contribution in [1.82, 2.24) is 0 Å². The molecule has 0 bridgehead atoms. The van der Waals surface area contributed by atoms with Gasteiger partial charge in [-0.05, 0) is 30.9 Å². The zero-order chi connectivity index (χ0) is 9.42. The van der Waals surface area contributed by atoms with E-state index in [1.54, 1.807) is 11.3 Å². The van der Waals surface area contributed by atoms with Crippen molar-refractivity contribution < 1.29 is 5.11 Å². The SMILES string of the molecule is CN(C)c1cc2c(s1)C(O)CCC2. The van der Waals surface area contributed by atoms with Crippen LogP contribution in [0, 0.1) is 0 Å². The van der Waals surface area contributed by atoms with Crippen LogP contribution in [0.1, 0.15) is 29.4 Å². The smallest absolute Gasteiger partial charge is 0.0910 e. The van der Waals surface area contributed by atoms with E-state index in [1.165, 1.54) is 15.4 Å². The maximum Gasteiger partial charge on any atom is 0.0910 e. The molecule has 2 nitrogen and oxygen atoms in total. The monoisotopic (exact) mass is 197 g/mol. The van der Waals surface area contributed by atoms with Crippen molar-refractivity contribution in [2.45, 2.75) is 25.4 Å². The Bertz CT molecular complexity index is 306. The van der Waals surface area contributed by atoms with E-state index in [4.69, 9.17) is 0 Å². The van der Waals surface area contributed by atoms with Gasteiger partial charge in [0.1, 0.15) is 0 Å². The summed E-state index contributed by atoms with van der Waals surface area (Å²) >= 11 is 1.73. The van der Waals surface area contributed by atoms with Crippen molar-refractivity contribution in [2.75, 3.05) is 19.0 Å². The van der Waals surface area contributed by atoms with Crippen LogP contribution in [0.2, 0.25) is 0 Å². The summed E-state index contributed by atoms with van der Waals surface area (Å²) in [5.41, 5.74) is 1.35. The van der Waals surface area contributed by atoms with Crippen LogP contribution in [0.4, 0.5) is 5.00 Å². The number of hydrogen-bond donors (Lipinski definition) is 1. The van der Waals surface area contributed by atoms with E-state index in [1.807, 2.05) is 14.1 Å². The minimum Gasteiger partial charge on any atom is -0.388 e. The molecule has 0 radical (unpaired) electrons. The molecule has 0 aromatic carbocycles. The van der Waals surface area contributed by atoms with Crippen LogP contribution in [0.5, 0.6) is 0 Å². The molecule has 72 valence electrons. The minimum absolute atomic E-state index is 0.206. The standard InChI is InChI=1S/C10H15NOS/c1-11(2)9-6-7-4-3-5-8(12)10(7)13-9/h6,8,12H,3-5H2,1-2H3. The van der Waals surface area contributed by atoms with E-state index in [2.05, 4.69) is 11.0 Å². The van der Waals surface area contributed by atoms with Crippen LogP contribution in [-0.2, 0) is 6.42 Å². The van der Waals surface area contributed by atoms with E-state index in [9.17, 15) is 5.11 Å². The molecule has 1 N–H and O–H groups in total. The summed E-state index contributed by atoms with van der Waals surface area (Å²) in [5, 5.41) is 11.0. The maximum absolute atomic E-state index is 9.75. The highest BCUT2D eigenvalue weighted by Crippen LogP contribution is 2.39. The number of anilines is 1. The van der Waals surface area contributed by atoms with Gasteiger partial charge in [0.15, 0.2) is 0 Å². The molecule has 0 fully saturated rings. The summed E-state index contributed by atoms with van der Waals surface area (Å²) in [6.07, 6.45) is 2.98. The first-order valence-corrected chi connectivity index (χ1v) is 5.48. The molecule has 0 saturated carbocycles. The van der Waals surface area contributed by atoms with Crippen LogP contribution < -0.4 is 4.90 Å². The average molecular weight is 197 g/mol.